The summed E-state index contributed by atoms with van der Waals surface area (Å²) in [6, 6.07) is 41.0. The Morgan fingerprint density at radius 3 is 1.68 bits per heavy atom. The van der Waals surface area contributed by atoms with Gasteiger partial charge >= 0.3 is 120 Å². The van der Waals surface area contributed by atoms with Crippen molar-refractivity contribution in [1.82, 2.24) is 0 Å². The molecule has 1 aliphatic rings. The quantitative estimate of drug-likeness (QED) is 0.167. The second-order valence-electron chi connectivity index (χ2n) is 12.7. The summed E-state index contributed by atoms with van der Waals surface area (Å²) >= 11 is 12.9. The zero-order valence-electron chi connectivity index (χ0n) is 26.1. The number of hydrogen-bond acceptors (Lipinski definition) is 0. The molecule has 0 unspecified atom stereocenters. The van der Waals surface area contributed by atoms with Gasteiger partial charge in [-0.05, 0) is 28.4 Å². The molecule has 1 aliphatic carbocycles. The van der Waals surface area contributed by atoms with Gasteiger partial charge in [-0.3, -0.25) is 0 Å². The number of rotatable bonds is 2. The van der Waals surface area contributed by atoms with Crippen LogP contribution in [0.25, 0.3) is 11.1 Å². The molecule has 6 rings (SSSR count). The summed E-state index contributed by atoms with van der Waals surface area (Å²) in [6.07, 6.45) is 1.03. The van der Waals surface area contributed by atoms with Crippen LogP contribution in [0.3, 0.4) is 0 Å². The van der Waals surface area contributed by atoms with Crippen LogP contribution < -0.4 is 24.8 Å². The zero-order valence-corrected chi connectivity index (χ0v) is 32.7. The van der Waals surface area contributed by atoms with Crippen molar-refractivity contribution in [3.05, 3.63) is 159 Å². The molecular formula is C39H38Cl4Hf-2. The first-order valence-electron chi connectivity index (χ1n) is 14.3. The van der Waals surface area contributed by atoms with Crippen molar-refractivity contribution in [2.75, 3.05) is 0 Å². The molecule has 0 saturated heterocycles. The van der Waals surface area contributed by atoms with E-state index in [-0.39, 0.29) is 35.6 Å². The van der Waals surface area contributed by atoms with E-state index in [1.54, 1.807) is 0 Å². The van der Waals surface area contributed by atoms with E-state index in [4.69, 9.17) is 23.2 Å². The summed E-state index contributed by atoms with van der Waals surface area (Å²) in [6.45, 7) is 13.6. The van der Waals surface area contributed by atoms with Gasteiger partial charge in [-0.15, -0.1) is 11.1 Å². The second-order valence-corrected chi connectivity index (χ2v) is 15.3. The van der Waals surface area contributed by atoms with Crippen molar-refractivity contribution >= 4 is 26.5 Å². The van der Waals surface area contributed by atoms with Crippen LogP contribution in [0.4, 0.5) is 0 Å². The van der Waals surface area contributed by atoms with E-state index >= 15 is 0 Å². The van der Waals surface area contributed by atoms with Crippen molar-refractivity contribution in [1.29, 1.82) is 0 Å². The minimum Gasteiger partial charge on any atom is -1.00 e. The van der Waals surface area contributed by atoms with Gasteiger partial charge in [0.05, 0.1) is 0 Å². The maximum absolute atomic E-state index is 5.98. The number of benzene rings is 4. The molecule has 0 fully saturated rings. The first kappa shape index (κ1) is 38.3. The van der Waals surface area contributed by atoms with Crippen molar-refractivity contribution in [3.8, 4) is 11.1 Å². The van der Waals surface area contributed by atoms with Gasteiger partial charge in [0.25, 0.3) is 0 Å². The fraction of sp³-hybridized carbons (Fsp3) is 0.231. The van der Waals surface area contributed by atoms with Crippen LogP contribution in [0.15, 0.2) is 109 Å². The molecule has 0 bridgehead atoms. The average Bonchev–Trinajstić information content (AvgIpc) is 3.63. The van der Waals surface area contributed by atoms with Crippen LogP contribution in [0.2, 0.25) is 10.0 Å². The van der Waals surface area contributed by atoms with E-state index in [2.05, 4.69) is 90.1 Å². The standard InChI is InChI=1S/C21H25.C13H8Cl2.C5H5.2ClH.Hf/c1-20(2,3)16-7-9-18-14(12-16)11-15-13-17(21(4,5)6)8-10-19(15)18;14-12-5-1-3-10(8-12)7-11-4-2-6-13(15)9-11;1-2-4-5-3-1;;;/h7-10,12H,11H2,1-6H3;1-6,8-9H;1-5H;2*1H;/q-1;;-1;;;+2/p-2. The summed E-state index contributed by atoms with van der Waals surface area (Å²) in [4.78, 5) is 0. The van der Waals surface area contributed by atoms with E-state index in [9.17, 15) is 0 Å². The molecule has 0 radical (unpaired) electrons. The molecule has 5 aromatic carbocycles. The molecular weight excluding hydrogens is 789 g/mol. The Hall–Kier alpha value is -1.87. The Morgan fingerprint density at radius 2 is 1.23 bits per heavy atom. The molecule has 0 aliphatic heterocycles. The summed E-state index contributed by atoms with van der Waals surface area (Å²) < 4.78 is 1.31. The third kappa shape index (κ3) is 10.3. The molecule has 0 atom stereocenters. The number of hydrogen-bond donors (Lipinski definition) is 0. The van der Waals surface area contributed by atoms with Crippen molar-refractivity contribution in [2.24, 2.45) is 0 Å². The maximum atomic E-state index is 5.98. The molecule has 0 amide bonds. The fourth-order valence-corrected chi connectivity index (χ4v) is 6.30. The molecule has 44 heavy (non-hydrogen) atoms. The first-order chi connectivity index (χ1) is 19.8. The van der Waals surface area contributed by atoms with Gasteiger partial charge in [0.15, 0.2) is 0 Å². The van der Waals surface area contributed by atoms with Crippen LogP contribution in [0.1, 0.15) is 74.9 Å². The number of fused-ring (bicyclic) bond motifs is 3. The van der Waals surface area contributed by atoms with Crippen LogP contribution >= 0.6 is 23.2 Å². The minimum absolute atomic E-state index is 0. The fourth-order valence-electron chi connectivity index (χ4n) is 4.80. The van der Waals surface area contributed by atoms with Crippen molar-refractivity contribution in [2.45, 2.75) is 58.8 Å². The molecule has 5 heteroatoms. The van der Waals surface area contributed by atoms with E-state index in [0.717, 1.165) is 40.4 Å². The summed E-state index contributed by atoms with van der Waals surface area (Å²) in [7, 11) is 0. The van der Waals surface area contributed by atoms with Crippen LogP contribution in [0.5, 0.6) is 0 Å². The molecule has 0 aromatic heterocycles. The van der Waals surface area contributed by atoms with Gasteiger partial charge in [-0.25, -0.2) is 12.1 Å². The van der Waals surface area contributed by atoms with Gasteiger partial charge in [0.1, 0.15) is 0 Å². The van der Waals surface area contributed by atoms with Gasteiger partial charge in [-0.1, -0.05) is 65.3 Å². The van der Waals surface area contributed by atoms with E-state index in [1.165, 1.54) is 47.8 Å². The second kappa shape index (κ2) is 16.6. The summed E-state index contributed by atoms with van der Waals surface area (Å²) in [5.74, 6) is 0. The summed E-state index contributed by atoms with van der Waals surface area (Å²) in [5, 5.41) is 1.54. The van der Waals surface area contributed by atoms with Crippen LogP contribution in [-0.2, 0) is 41.1 Å². The van der Waals surface area contributed by atoms with Crippen molar-refractivity contribution in [3.63, 3.8) is 0 Å². The smallest absolute Gasteiger partial charge is 0.172 e. The topological polar surface area (TPSA) is 0 Å². The van der Waals surface area contributed by atoms with Gasteiger partial charge in [-0.2, -0.15) is 42.0 Å². The average molecular weight is 827 g/mol. The monoisotopic (exact) mass is 826 g/mol. The predicted molar refractivity (Wildman–Crippen MR) is 179 cm³/mol. The zero-order chi connectivity index (χ0) is 30.5. The van der Waals surface area contributed by atoms with E-state index < -0.39 is 0 Å². The Morgan fingerprint density at radius 1 is 0.682 bits per heavy atom. The molecule has 0 nitrogen and oxygen atoms in total. The first-order valence-corrected chi connectivity index (χ1v) is 16.8. The maximum Gasteiger partial charge on any atom is -0.172 e. The van der Waals surface area contributed by atoms with Crippen LogP contribution in [0, 0.1) is 6.07 Å². The third-order valence-corrected chi connectivity index (χ3v) is 9.79. The molecule has 0 N–H and O–H groups in total. The van der Waals surface area contributed by atoms with Gasteiger partial charge in [0, 0.05) is 0 Å². The van der Waals surface area contributed by atoms with Crippen LogP contribution in [-0.4, -0.2) is 3.26 Å². The normalized spacial score (nSPS) is 11.3. The Balaban J connectivity index is 0.000000260. The predicted octanol–water partition coefficient (Wildman–Crippen LogP) is 5.18. The minimum atomic E-state index is 0. The van der Waals surface area contributed by atoms with Crippen molar-refractivity contribution < 1.29 is 48.7 Å². The van der Waals surface area contributed by atoms with E-state index in [0.29, 0.717) is 0 Å². The SMILES string of the molecule is CC(C)(C)c1[c-]c2c(cc1)-c1ccc(C(C)(C)C)cc1C2.Clc1cccc([C](=[Hf+2])c2cccc(Cl)c2)c1.[Cl-].[Cl-].c1cc[cH-]c1. The molecule has 228 valence electrons. The molecule has 0 heterocycles. The molecule has 0 saturated carbocycles. The molecule has 5 aromatic rings. The molecule has 0 spiro atoms. The summed E-state index contributed by atoms with van der Waals surface area (Å²) in [5.41, 5.74) is 11.1. The third-order valence-electron chi connectivity index (χ3n) is 7.25. The Bertz CT molecular complexity index is 1530. The van der Waals surface area contributed by atoms with Gasteiger partial charge in [0.2, 0.25) is 0 Å². The Labute approximate surface area is 301 Å². The Kier molecular flexibility index (Phi) is 14.5. The largest absolute Gasteiger partial charge is 1.00 e. The van der Waals surface area contributed by atoms with E-state index in [1.807, 2.05) is 66.7 Å². The number of halogens is 4. The van der Waals surface area contributed by atoms with Gasteiger partial charge < -0.3 is 24.8 Å².